The zero-order valence-electron chi connectivity index (χ0n) is 16.0. The molecule has 2 rings (SSSR count). The molecule has 1 heterocycles. The van der Waals surface area contributed by atoms with Gasteiger partial charge in [0, 0.05) is 23.2 Å². The number of hydrogen-bond donors (Lipinski definition) is 1. The normalized spacial score (nSPS) is 20.7. The number of Topliss-reactive ketones (excluding diaryl/α,β-unsaturated/α-hetero) is 1. The van der Waals surface area contributed by atoms with Crippen LogP contribution in [0.1, 0.15) is 64.2 Å². The summed E-state index contributed by atoms with van der Waals surface area (Å²) in [6.45, 7) is 10.7. The predicted octanol–water partition coefficient (Wildman–Crippen LogP) is 3.35. The van der Waals surface area contributed by atoms with Crippen molar-refractivity contribution in [1.29, 1.82) is 0 Å². The summed E-state index contributed by atoms with van der Waals surface area (Å²) >= 11 is 0. The number of benzene rings is 1. The molecule has 1 fully saturated rings. The van der Waals surface area contributed by atoms with Crippen LogP contribution < -0.4 is 5.32 Å². The highest BCUT2D eigenvalue weighted by atomic mass is 16.7. The van der Waals surface area contributed by atoms with Crippen molar-refractivity contribution in [2.45, 2.75) is 71.1 Å². The Balaban J connectivity index is 2.32. The van der Waals surface area contributed by atoms with Gasteiger partial charge in [0.25, 0.3) is 5.91 Å². The van der Waals surface area contributed by atoms with Gasteiger partial charge in [-0.3, -0.25) is 14.4 Å². The van der Waals surface area contributed by atoms with Crippen LogP contribution in [0.25, 0.3) is 0 Å². The van der Waals surface area contributed by atoms with Gasteiger partial charge >= 0.3 is 0 Å². The van der Waals surface area contributed by atoms with Crippen LogP contribution in [0.15, 0.2) is 30.3 Å². The Hall–Kier alpha value is -1.72. The smallest absolute Gasteiger partial charge is 0.259 e. The number of hydrogen-bond acceptors (Lipinski definition) is 4. The molecule has 0 bridgehead atoms. The molecule has 1 aliphatic heterocycles. The van der Waals surface area contributed by atoms with E-state index in [1.165, 1.54) is 0 Å². The first kappa shape index (κ1) is 19.6. The van der Waals surface area contributed by atoms with Crippen molar-refractivity contribution in [3.8, 4) is 0 Å². The van der Waals surface area contributed by atoms with Gasteiger partial charge < -0.3 is 5.32 Å². The quantitative estimate of drug-likeness (QED) is 0.634. The molecule has 0 aromatic heterocycles. The van der Waals surface area contributed by atoms with E-state index in [2.05, 4.69) is 33.0 Å². The molecule has 0 radical (unpaired) electrons. The van der Waals surface area contributed by atoms with Gasteiger partial charge in [-0.15, -0.1) is 0 Å². The van der Waals surface area contributed by atoms with Gasteiger partial charge in [-0.05, 0) is 53.9 Å². The largest absolute Gasteiger partial charge is 0.354 e. The third-order valence-corrected chi connectivity index (χ3v) is 4.77. The van der Waals surface area contributed by atoms with E-state index in [9.17, 15) is 9.59 Å². The highest BCUT2D eigenvalue weighted by molar-refractivity contribution is 6.12. The number of nitrogens with zero attached hydrogens (tertiary/aromatic N) is 1. The van der Waals surface area contributed by atoms with E-state index >= 15 is 0 Å². The van der Waals surface area contributed by atoms with Gasteiger partial charge in [0.2, 0.25) is 11.9 Å². The zero-order valence-corrected chi connectivity index (χ0v) is 16.0. The maximum atomic E-state index is 12.9. The van der Waals surface area contributed by atoms with Gasteiger partial charge in [0.15, 0.2) is 0 Å². The Morgan fingerprint density at radius 3 is 2.20 bits per heavy atom. The number of likely N-dealkylation sites (N-methyl/N-ethyl adjacent to an activating group) is 1. The first-order valence-corrected chi connectivity index (χ1v) is 9.03. The molecule has 25 heavy (non-hydrogen) atoms. The molecule has 0 saturated carbocycles. The summed E-state index contributed by atoms with van der Waals surface area (Å²) in [5, 5.41) is 4.59. The minimum absolute atomic E-state index is 0.247. The number of nitrogens with one attached hydrogen (secondary N) is 1. The second-order valence-corrected chi connectivity index (χ2v) is 7.88. The SMILES string of the molecule is CCNC(=O)C(ON1C(C)(C)CCCC1(C)C)C(=O)c1ccccc1. The molecule has 138 valence electrons. The topological polar surface area (TPSA) is 58.6 Å². The van der Waals surface area contributed by atoms with E-state index in [0.29, 0.717) is 12.1 Å². The molecule has 1 unspecified atom stereocenters. The maximum Gasteiger partial charge on any atom is 0.259 e. The van der Waals surface area contributed by atoms with E-state index in [4.69, 9.17) is 4.84 Å². The van der Waals surface area contributed by atoms with Gasteiger partial charge in [-0.2, -0.15) is 5.06 Å². The van der Waals surface area contributed by atoms with Crippen molar-refractivity contribution in [1.82, 2.24) is 10.4 Å². The molecule has 1 aromatic rings. The van der Waals surface area contributed by atoms with Crippen molar-refractivity contribution in [3.05, 3.63) is 35.9 Å². The highest BCUT2D eigenvalue weighted by Crippen LogP contribution is 2.39. The fourth-order valence-corrected chi connectivity index (χ4v) is 3.60. The van der Waals surface area contributed by atoms with E-state index in [-0.39, 0.29) is 16.9 Å². The molecule has 1 saturated heterocycles. The third-order valence-electron chi connectivity index (χ3n) is 4.77. The fraction of sp³-hybridized carbons (Fsp3) is 0.600. The molecule has 1 N–H and O–H groups in total. The Morgan fingerprint density at radius 1 is 1.12 bits per heavy atom. The van der Waals surface area contributed by atoms with Crippen molar-refractivity contribution in [3.63, 3.8) is 0 Å². The number of amides is 1. The minimum Gasteiger partial charge on any atom is -0.354 e. The van der Waals surface area contributed by atoms with Crippen LogP contribution in [0.2, 0.25) is 0 Å². The lowest BCUT2D eigenvalue weighted by atomic mass is 9.82. The fourth-order valence-electron chi connectivity index (χ4n) is 3.60. The van der Waals surface area contributed by atoms with Gasteiger partial charge in [-0.25, -0.2) is 0 Å². The molecule has 5 nitrogen and oxygen atoms in total. The minimum atomic E-state index is -1.18. The number of hydroxylamine groups is 2. The Kier molecular flexibility index (Phi) is 6.01. The van der Waals surface area contributed by atoms with Gasteiger partial charge in [-0.1, -0.05) is 30.3 Å². The summed E-state index contributed by atoms with van der Waals surface area (Å²) in [4.78, 5) is 31.6. The van der Waals surface area contributed by atoms with Gasteiger partial charge in [0.05, 0.1) is 0 Å². The van der Waals surface area contributed by atoms with E-state index in [1.807, 2.05) is 18.1 Å². The second kappa shape index (κ2) is 7.67. The van der Waals surface area contributed by atoms with Crippen LogP contribution in [0.3, 0.4) is 0 Å². The lowest BCUT2D eigenvalue weighted by Gasteiger charge is -2.52. The standard InChI is InChI=1S/C20H30N2O3/c1-6-21-18(24)17(16(23)15-11-8-7-9-12-15)25-22-19(2,3)13-10-14-20(22,4)5/h7-9,11-12,17H,6,10,13-14H2,1-5H3,(H,21,24). The van der Waals surface area contributed by atoms with Crippen LogP contribution in [-0.2, 0) is 9.63 Å². The summed E-state index contributed by atoms with van der Waals surface area (Å²) in [5.74, 6) is -0.711. The Morgan fingerprint density at radius 2 is 1.68 bits per heavy atom. The van der Waals surface area contributed by atoms with Crippen LogP contribution in [-0.4, -0.2) is 40.5 Å². The summed E-state index contributed by atoms with van der Waals surface area (Å²) in [5.41, 5.74) is -0.0150. The molecular weight excluding hydrogens is 316 g/mol. The van der Waals surface area contributed by atoms with Crippen molar-refractivity contribution < 1.29 is 14.4 Å². The van der Waals surface area contributed by atoms with Crippen LogP contribution in [0.5, 0.6) is 0 Å². The summed E-state index contributed by atoms with van der Waals surface area (Å²) in [6.07, 6.45) is 1.83. The molecule has 0 aliphatic carbocycles. The monoisotopic (exact) mass is 346 g/mol. The number of piperidine rings is 1. The van der Waals surface area contributed by atoms with Crippen molar-refractivity contribution in [2.75, 3.05) is 6.54 Å². The van der Waals surface area contributed by atoms with Crippen LogP contribution in [0, 0.1) is 0 Å². The number of ketones is 1. The molecular formula is C20H30N2O3. The average Bonchev–Trinajstić information content (AvgIpc) is 2.54. The van der Waals surface area contributed by atoms with Crippen LogP contribution >= 0.6 is 0 Å². The van der Waals surface area contributed by atoms with E-state index in [0.717, 1.165) is 19.3 Å². The molecule has 1 aromatic carbocycles. The number of carbonyl (C=O) groups is 2. The molecule has 1 aliphatic rings. The summed E-state index contributed by atoms with van der Waals surface area (Å²) < 4.78 is 0. The Bertz CT molecular complexity index is 595. The van der Waals surface area contributed by atoms with E-state index < -0.39 is 12.0 Å². The maximum absolute atomic E-state index is 12.9. The molecule has 5 heteroatoms. The molecule has 1 atom stereocenters. The predicted molar refractivity (Wildman–Crippen MR) is 98.2 cm³/mol. The summed E-state index contributed by atoms with van der Waals surface area (Å²) in [6, 6.07) is 8.85. The average molecular weight is 346 g/mol. The Labute approximate surface area is 150 Å². The molecule has 0 spiro atoms. The first-order valence-electron chi connectivity index (χ1n) is 9.03. The lowest BCUT2D eigenvalue weighted by molar-refractivity contribution is -0.289. The third kappa shape index (κ3) is 4.47. The number of carbonyl (C=O) groups excluding carboxylic acids is 2. The molecule has 1 amide bonds. The van der Waals surface area contributed by atoms with Crippen molar-refractivity contribution in [2.24, 2.45) is 0 Å². The highest BCUT2D eigenvalue weighted by Gasteiger charge is 2.45. The lowest BCUT2D eigenvalue weighted by Crippen LogP contribution is -2.61. The number of rotatable bonds is 6. The van der Waals surface area contributed by atoms with Gasteiger partial charge in [0.1, 0.15) is 0 Å². The van der Waals surface area contributed by atoms with Crippen LogP contribution in [0.4, 0.5) is 0 Å². The second-order valence-electron chi connectivity index (χ2n) is 7.88. The van der Waals surface area contributed by atoms with Crippen molar-refractivity contribution >= 4 is 11.7 Å². The first-order chi connectivity index (χ1) is 11.7. The van der Waals surface area contributed by atoms with E-state index in [1.54, 1.807) is 24.3 Å². The summed E-state index contributed by atoms with van der Waals surface area (Å²) in [7, 11) is 0. The zero-order chi connectivity index (χ0) is 18.7.